The third kappa shape index (κ3) is 5.32. The van der Waals surface area contributed by atoms with Crippen molar-refractivity contribution in [2.24, 2.45) is 11.3 Å². The Kier molecular flexibility index (Phi) is 5.39. The third-order valence-electron chi connectivity index (χ3n) is 3.37. The van der Waals surface area contributed by atoms with Crippen molar-refractivity contribution >= 4 is 17.6 Å². The molecule has 1 heterocycles. The first-order valence-corrected chi connectivity index (χ1v) is 6.95. The fraction of sp³-hybridized carbons (Fsp3) is 0.714. The molecule has 5 heteroatoms. The molecule has 5 nitrogen and oxygen atoms in total. The fourth-order valence-corrected chi connectivity index (χ4v) is 1.46. The van der Waals surface area contributed by atoms with E-state index in [1.165, 1.54) is 0 Å². The number of nitrogens with one attached hydrogen (secondary N) is 2. The molecule has 1 rings (SSSR count). The van der Waals surface area contributed by atoms with Gasteiger partial charge in [-0.15, -0.1) is 0 Å². The van der Waals surface area contributed by atoms with E-state index in [2.05, 4.69) is 55.2 Å². The maximum absolute atomic E-state index is 5.72. The zero-order valence-corrected chi connectivity index (χ0v) is 12.7. The Morgan fingerprint density at radius 2 is 1.79 bits per heavy atom. The van der Waals surface area contributed by atoms with Crippen molar-refractivity contribution in [3.63, 3.8) is 0 Å². The Morgan fingerprint density at radius 3 is 2.32 bits per heavy atom. The molecule has 19 heavy (non-hydrogen) atoms. The predicted octanol–water partition coefficient (Wildman–Crippen LogP) is 2.97. The van der Waals surface area contributed by atoms with Crippen LogP contribution in [0.5, 0.6) is 0 Å². The number of nitrogen functional groups attached to an aromatic ring is 1. The molecule has 0 radical (unpaired) electrons. The first-order chi connectivity index (χ1) is 8.82. The molecule has 0 saturated heterocycles. The van der Waals surface area contributed by atoms with Gasteiger partial charge in [0.2, 0.25) is 5.95 Å². The summed E-state index contributed by atoms with van der Waals surface area (Å²) in [5.41, 5.74) is 5.99. The Balaban J connectivity index is 2.65. The number of nitrogens with two attached hydrogens (primary N) is 1. The number of hydrogen-bond acceptors (Lipinski definition) is 5. The zero-order valence-electron chi connectivity index (χ0n) is 12.7. The number of aromatic nitrogens is 2. The molecule has 1 atom stereocenters. The lowest BCUT2D eigenvalue weighted by Gasteiger charge is -2.27. The maximum atomic E-state index is 5.72. The average Bonchev–Trinajstić information content (AvgIpc) is 2.31. The van der Waals surface area contributed by atoms with Gasteiger partial charge in [0, 0.05) is 19.2 Å². The second-order valence-electron chi connectivity index (χ2n) is 6.07. The zero-order chi connectivity index (χ0) is 14.5. The van der Waals surface area contributed by atoms with Crippen LogP contribution in [0, 0.1) is 11.3 Å². The fourth-order valence-electron chi connectivity index (χ4n) is 1.46. The van der Waals surface area contributed by atoms with Crippen molar-refractivity contribution < 1.29 is 0 Å². The second kappa shape index (κ2) is 6.59. The summed E-state index contributed by atoms with van der Waals surface area (Å²) < 4.78 is 0. The van der Waals surface area contributed by atoms with Crippen molar-refractivity contribution in [3.05, 3.63) is 6.07 Å². The normalized spacial score (nSPS) is 13.1. The van der Waals surface area contributed by atoms with Crippen LogP contribution < -0.4 is 16.4 Å². The summed E-state index contributed by atoms with van der Waals surface area (Å²) in [6, 6.07) is 1.90. The number of anilines is 3. The van der Waals surface area contributed by atoms with E-state index in [0.717, 1.165) is 31.1 Å². The predicted molar refractivity (Wildman–Crippen MR) is 82.3 cm³/mol. The molecule has 1 unspecified atom stereocenters. The van der Waals surface area contributed by atoms with E-state index in [1.54, 1.807) is 0 Å². The largest absolute Gasteiger partial charge is 0.370 e. The molecule has 0 aromatic carbocycles. The van der Waals surface area contributed by atoms with Gasteiger partial charge in [-0.05, 0) is 17.8 Å². The van der Waals surface area contributed by atoms with Crippen LogP contribution in [0.1, 0.15) is 41.0 Å². The van der Waals surface area contributed by atoms with Crippen LogP contribution in [-0.4, -0.2) is 23.1 Å². The summed E-state index contributed by atoms with van der Waals surface area (Å²) >= 11 is 0. The van der Waals surface area contributed by atoms with Gasteiger partial charge in [-0.25, -0.2) is 0 Å². The molecule has 0 bridgehead atoms. The van der Waals surface area contributed by atoms with Gasteiger partial charge in [0.15, 0.2) is 0 Å². The Labute approximate surface area is 116 Å². The van der Waals surface area contributed by atoms with Gasteiger partial charge in [0.25, 0.3) is 0 Å². The highest BCUT2D eigenvalue weighted by Crippen LogP contribution is 2.25. The monoisotopic (exact) mass is 265 g/mol. The van der Waals surface area contributed by atoms with Crippen LogP contribution >= 0.6 is 0 Å². The Hall–Kier alpha value is -1.52. The highest BCUT2D eigenvalue weighted by atomic mass is 15.1. The minimum Gasteiger partial charge on any atom is -0.370 e. The van der Waals surface area contributed by atoms with Crippen molar-refractivity contribution in [2.45, 2.75) is 41.0 Å². The second-order valence-corrected chi connectivity index (χ2v) is 6.07. The first-order valence-electron chi connectivity index (χ1n) is 6.95. The average molecular weight is 265 g/mol. The van der Waals surface area contributed by atoms with Crippen molar-refractivity contribution in [2.75, 3.05) is 29.5 Å². The summed E-state index contributed by atoms with van der Waals surface area (Å²) in [5.74, 6) is 2.39. The van der Waals surface area contributed by atoms with Gasteiger partial charge in [0.1, 0.15) is 11.6 Å². The van der Waals surface area contributed by atoms with Crippen LogP contribution in [0.15, 0.2) is 6.07 Å². The molecule has 0 fully saturated rings. The minimum atomic E-state index is 0.273. The van der Waals surface area contributed by atoms with Gasteiger partial charge < -0.3 is 16.4 Å². The lowest BCUT2D eigenvalue weighted by Crippen LogP contribution is -2.25. The molecule has 0 spiro atoms. The van der Waals surface area contributed by atoms with E-state index < -0.39 is 0 Å². The molecular formula is C14H27N5. The molecule has 108 valence electrons. The van der Waals surface area contributed by atoms with E-state index in [0.29, 0.717) is 11.9 Å². The van der Waals surface area contributed by atoms with Crippen molar-refractivity contribution in [3.8, 4) is 0 Å². The Bertz CT molecular complexity index is 397. The van der Waals surface area contributed by atoms with Crippen molar-refractivity contribution in [1.82, 2.24) is 9.97 Å². The number of rotatable bonds is 6. The lowest BCUT2D eigenvalue weighted by atomic mass is 9.82. The third-order valence-corrected chi connectivity index (χ3v) is 3.37. The van der Waals surface area contributed by atoms with Gasteiger partial charge in [-0.1, -0.05) is 34.6 Å². The van der Waals surface area contributed by atoms with Gasteiger partial charge in [-0.2, -0.15) is 9.97 Å². The van der Waals surface area contributed by atoms with Crippen LogP contribution in [0.2, 0.25) is 0 Å². The Morgan fingerprint density at radius 1 is 1.21 bits per heavy atom. The van der Waals surface area contributed by atoms with Crippen molar-refractivity contribution in [1.29, 1.82) is 0 Å². The molecule has 0 amide bonds. The smallest absolute Gasteiger partial charge is 0.223 e. The molecule has 4 N–H and O–H groups in total. The number of nitrogens with zero attached hydrogens (tertiary/aromatic N) is 2. The molecule has 0 aliphatic carbocycles. The van der Waals surface area contributed by atoms with Gasteiger partial charge in [0.05, 0.1) is 0 Å². The molecular weight excluding hydrogens is 238 g/mol. The highest BCUT2D eigenvalue weighted by Gasteiger charge is 2.19. The van der Waals surface area contributed by atoms with E-state index in [4.69, 9.17) is 5.73 Å². The summed E-state index contributed by atoms with van der Waals surface area (Å²) in [4.78, 5) is 8.37. The van der Waals surface area contributed by atoms with E-state index >= 15 is 0 Å². The summed E-state index contributed by atoms with van der Waals surface area (Å²) in [7, 11) is 0. The topological polar surface area (TPSA) is 75.9 Å². The van der Waals surface area contributed by atoms with Crippen LogP contribution in [0.3, 0.4) is 0 Å². The molecule has 0 saturated carbocycles. The standard InChI is InChI=1S/C14H27N5/c1-6-7-16-11-8-12(19-13(15)18-11)17-9-10(2)14(3,4)5/h8,10H,6-7,9H2,1-5H3,(H4,15,16,17,18,19). The number of hydrogen-bond donors (Lipinski definition) is 3. The molecule has 1 aromatic heterocycles. The highest BCUT2D eigenvalue weighted by molar-refractivity contribution is 5.50. The van der Waals surface area contributed by atoms with Gasteiger partial charge in [-0.3, -0.25) is 0 Å². The van der Waals surface area contributed by atoms with E-state index in [9.17, 15) is 0 Å². The van der Waals surface area contributed by atoms with E-state index in [-0.39, 0.29) is 5.41 Å². The first kappa shape index (κ1) is 15.5. The van der Waals surface area contributed by atoms with E-state index in [1.807, 2.05) is 6.07 Å². The maximum Gasteiger partial charge on any atom is 0.223 e. The van der Waals surface area contributed by atoms with Gasteiger partial charge >= 0.3 is 0 Å². The SMILES string of the molecule is CCCNc1cc(NCC(C)C(C)(C)C)nc(N)n1. The molecule has 1 aromatic rings. The van der Waals surface area contributed by atoms with Crippen LogP contribution in [0.4, 0.5) is 17.6 Å². The lowest BCUT2D eigenvalue weighted by molar-refractivity contribution is 0.274. The molecule has 0 aliphatic heterocycles. The van der Waals surface area contributed by atoms with Crippen LogP contribution in [0.25, 0.3) is 0 Å². The summed E-state index contributed by atoms with van der Waals surface area (Å²) in [5, 5.41) is 6.56. The summed E-state index contributed by atoms with van der Waals surface area (Å²) in [6.07, 6.45) is 1.05. The van der Waals surface area contributed by atoms with Crippen LogP contribution in [-0.2, 0) is 0 Å². The quantitative estimate of drug-likeness (QED) is 0.737. The summed E-state index contributed by atoms with van der Waals surface area (Å²) in [6.45, 7) is 12.8. The minimum absolute atomic E-state index is 0.273. The molecule has 0 aliphatic rings.